The molecule has 1 nitrogen and oxygen atoms in total. The van der Waals surface area contributed by atoms with Crippen LogP contribution >= 0.6 is 0 Å². The minimum absolute atomic E-state index is 0.0673. The molecule has 0 amide bonds. The standard InChI is InChI=1S/C22H31F5OSi/c1-2-9-29-10-7-17(8-11-29)15-3-5-16(6-4-15)18-12-19(23)21(20(24)13-18)28-14-22(25,26)27/h12-13,15-17,29H,2-11,14H2,1H3/t15-,16-,17?,29?. The maximum absolute atomic E-state index is 14.2. The van der Waals surface area contributed by atoms with Crippen LogP contribution in [0.1, 0.15) is 63.4 Å². The molecule has 0 spiro atoms. The molecule has 1 aliphatic heterocycles. The van der Waals surface area contributed by atoms with Gasteiger partial charge in [0.1, 0.15) is 0 Å². The van der Waals surface area contributed by atoms with Gasteiger partial charge >= 0.3 is 6.18 Å². The molecule has 2 aliphatic rings. The fraction of sp³-hybridized carbons (Fsp3) is 0.727. The van der Waals surface area contributed by atoms with Gasteiger partial charge in [0.05, 0.1) is 0 Å². The molecule has 0 unspecified atom stereocenters. The van der Waals surface area contributed by atoms with Crippen LogP contribution in [0.3, 0.4) is 0 Å². The topological polar surface area (TPSA) is 9.23 Å². The second-order valence-electron chi connectivity index (χ2n) is 8.90. The lowest BCUT2D eigenvalue weighted by Crippen LogP contribution is -2.28. The van der Waals surface area contributed by atoms with Crippen LogP contribution in [0, 0.1) is 23.5 Å². The SMILES string of the molecule is CCC[SiH]1CCC([C@H]2CC[C@H](c3cc(F)c(OCC(F)(F)F)c(F)c3)CC2)CC1. The van der Waals surface area contributed by atoms with E-state index in [1.54, 1.807) is 0 Å². The predicted octanol–water partition coefficient (Wildman–Crippen LogP) is 7.23. The lowest BCUT2D eigenvalue weighted by Gasteiger charge is -2.37. The number of benzene rings is 1. The molecule has 164 valence electrons. The number of hydrogen-bond acceptors (Lipinski definition) is 1. The summed E-state index contributed by atoms with van der Waals surface area (Å²) in [4.78, 5) is 0. The Kier molecular flexibility index (Phi) is 7.62. The fourth-order valence-electron chi connectivity index (χ4n) is 5.39. The number of alkyl halides is 3. The largest absolute Gasteiger partial charge is 0.478 e. The molecular weight excluding hydrogens is 403 g/mol. The van der Waals surface area contributed by atoms with Crippen molar-refractivity contribution in [2.45, 2.75) is 82.1 Å². The summed E-state index contributed by atoms with van der Waals surface area (Å²) >= 11 is 0. The van der Waals surface area contributed by atoms with Crippen molar-refractivity contribution in [3.63, 3.8) is 0 Å². The third-order valence-corrected chi connectivity index (χ3v) is 10.6. The molecular formula is C22H31F5OSi. The highest BCUT2D eigenvalue weighted by molar-refractivity contribution is 6.58. The monoisotopic (exact) mass is 434 g/mol. The van der Waals surface area contributed by atoms with Gasteiger partial charge in [-0.05, 0) is 61.1 Å². The van der Waals surface area contributed by atoms with E-state index in [-0.39, 0.29) is 5.92 Å². The summed E-state index contributed by atoms with van der Waals surface area (Å²) < 4.78 is 69.5. The van der Waals surface area contributed by atoms with Gasteiger partial charge in [-0.2, -0.15) is 13.2 Å². The third kappa shape index (κ3) is 6.19. The fourth-order valence-corrected chi connectivity index (χ4v) is 8.87. The van der Waals surface area contributed by atoms with E-state index in [4.69, 9.17) is 0 Å². The predicted molar refractivity (Wildman–Crippen MR) is 107 cm³/mol. The van der Waals surface area contributed by atoms with Gasteiger partial charge in [0.15, 0.2) is 24.0 Å². The summed E-state index contributed by atoms with van der Waals surface area (Å²) in [6.07, 6.45) is 3.34. The molecule has 1 heterocycles. The van der Waals surface area contributed by atoms with Crippen LogP contribution in [0.4, 0.5) is 22.0 Å². The summed E-state index contributed by atoms with van der Waals surface area (Å²) in [6, 6.07) is 6.71. The van der Waals surface area contributed by atoms with Gasteiger partial charge in [-0.25, -0.2) is 8.78 Å². The quantitative estimate of drug-likeness (QED) is 0.339. The van der Waals surface area contributed by atoms with E-state index in [1.807, 2.05) is 0 Å². The van der Waals surface area contributed by atoms with Crippen LogP contribution in [-0.2, 0) is 0 Å². The van der Waals surface area contributed by atoms with Crippen molar-refractivity contribution in [1.29, 1.82) is 0 Å². The van der Waals surface area contributed by atoms with E-state index in [0.29, 0.717) is 11.5 Å². The van der Waals surface area contributed by atoms with Crippen molar-refractivity contribution >= 4 is 8.80 Å². The van der Waals surface area contributed by atoms with Crippen molar-refractivity contribution in [1.82, 2.24) is 0 Å². The molecule has 1 aliphatic carbocycles. The number of ether oxygens (including phenoxy) is 1. The Bertz CT molecular complexity index is 639. The zero-order valence-electron chi connectivity index (χ0n) is 17.0. The van der Waals surface area contributed by atoms with E-state index in [2.05, 4.69) is 11.7 Å². The Morgan fingerprint density at radius 1 is 0.931 bits per heavy atom. The molecule has 1 aromatic rings. The van der Waals surface area contributed by atoms with Gasteiger partial charge in [0.2, 0.25) is 0 Å². The van der Waals surface area contributed by atoms with Gasteiger partial charge < -0.3 is 4.74 Å². The molecule has 0 bridgehead atoms. The average molecular weight is 435 g/mol. The summed E-state index contributed by atoms with van der Waals surface area (Å²) in [7, 11) is -0.479. The second kappa shape index (κ2) is 9.80. The molecule has 1 saturated carbocycles. The number of halogens is 5. The Morgan fingerprint density at radius 3 is 2.00 bits per heavy atom. The average Bonchev–Trinajstić information content (AvgIpc) is 2.67. The Morgan fingerprint density at radius 2 is 1.48 bits per heavy atom. The van der Waals surface area contributed by atoms with E-state index in [1.165, 1.54) is 37.4 Å². The molecule has 0 N–H and O–H groups in total. The lowest BCUT2D eigenvalue weighted by atomic mass is 9.72. The highest BCUT2D eigenvalue weighted by Crippen LogP contribution is 2.44. The van der Waals surface area contributed by atoms with Crippen LogP contribution in [0.2, 0.25) is 18.1 Å². The van der Waals surface area contributed by atoms with E-state index >= 15 is 0 Å². The minimum Gasteiger partial charge on any atom is -0.478 e. The normalized spacial score (nSPS) is 28.3. The van der Waals surface area contributed by atoms with Gasteiger partial charge in [0, 0.05) is 8.80 Å². The minimum atomic E-state index is -4.63. The molecule has 7 heteroatoms. The highest BCUT2D eigenvalue weighted by Gasteiger charge is 2.33. The molecule has 0 aromatic heterocycles. The summed E-state index contributed by atoms with van der Waals surface area (Å²) in [5.41, 5.74) is 0.539. The van der Waals surface area contributed by atoms with Crippen molar-refractivity contribution in [2.24, 2.45) is 11.8 Å². The smallest absolute Gasteiger partial charge is 0.422 e. The maximum atomic E-state index is 14.2. The van der Waals surface area contributed by atoms with Gasteiger partial charge in [-0.1, -0.05) is 44.3 Å². The first-order valence-electron chi connectivity index (χ1n) is 10.9. The van der Waals surface area contributed by atoms with E-state index in [0.717, 1.165) is 43.7 Å². The third-order valence-electron chi connectivity index (χ3n) is 6.90. The van der Waals surface area contributed by atoms with Crippen molar-refractivity contribution in [3.8, 4) is 5.75 Å². The molecule has 2 fully saturated rings. The van der Waals surface area contributed by atoms with Gasteiger partial charge in [0.25, 0.3) is 0 Å². The summed E-state index contributed by atoms with van der Waals surface area (Å²) in [6.45, 7) is 0.579. The second-order valence-corrected chi connectivity index (χ2v) is 12.4. The van der Waals surface area contributed by atoms with Crippen LogP contribution in [-0.4, -0.2) is 21.6 Å². The zero-order chi connectivity index (χ0) is 21.0. The van der Waals surface area contributed by atoms with E-state index < -0.39 is 39.0 Å². The number of hydrogen-bond donors (Lipinski definition) is 0. The Hall–Kier alpha value is -1.11. The first-order valence-corrected chi connectivity index (χ1v) is 13.4. The van der Waals surface area contributed by atoms with Crippen LogP contribution in [0.25, 0.3) is 0 Å². The molecule has 3 rings (SSSR count). The Balaban J connectivity index is 1.54. The van der Waals surface area contributed by atoms with Crippen LogP contribution in [0.15, 0.2) is 12.1 Å². The summed E-state index contributed by atoms with van der Waals surface area (Å²) in [5.74, 6) is -1.45. The maximum Gasteiger partial charge on any atom is 0.422 e. The molecule has 1 saturated heterocycles. The summed E-state index contributed by atoms with van der Waals surface area (Å²) in [5, 5.41) is 0. The van der Waals surface area contributed by atoms with Crippen LogP contribution < -0.4 is 4.74 Å². The first-order chi connectivity index (χ1) is 13.8. The van der Waals surface area contributed by atoms with Gasteiger partial charge in [-0.3, -0.25) is 0 Å². The first kappa shape index (κ1) is 22.6. The molecule has 29 heavy (non-hydrogen) atoms. The van der Waals surface area contributed by atoms with Gasteiger partial charge in [-0.15, -0.1) is 0 Å². The Labute approximate surface area is 171 Å². The molecule has 0 atom stereocenters. The zero-order valence-corrected chi connectivity index (χ0v) is 18.2. The number of rotatable bonds is 6. The van der Waals surface area contributed by atoms with Crippen molar-refractivity contribution < 1.29 is 26.7 Å². The van der Waals surface area contributed by atoms with Crippen molar-refractivity contribution in [2.75, 3.05) is 6.61 Å². The highest BCUT2D eigenvalue weighted by atomic mass is 28.3. The molecule has 1 aromatic carbocycles. The lowest BCUT2D eigenvalue weighted by molar-refractivity contribution is -0.154. The van der Waals surface area contributed by atoms with Crippen molar-refractivity contribution in [3.05, 3.63) is 29.3 Å². The van der Waals surface area contributed by atoms with Crippen LogP contribution in [0.5, 0.6) is 5.75 Å². The van der Waals surface area contributed by atoms with E-state index in [9.17, 15) is 22.0 Å². The molecule has 0 radical (unpaired) electrons.